The number of nitrogens with zero attached hydrogens (tertiary/aromatic N) is 7. The molecule has 7 nitrogen and oxygen atoms in total. The Labute approximate surface area is 205 Å². The number of likely N-dealkylation sites (tertiary alicyclic amines) is 1. The minimum Gasteiger partial charge on any atom is -0.301 e. The van der Waals surface area contributed by atoms with Crippen LogP contribution in [0.1, 0.15) is 25.7 Å². The van der Waals surface area contributed by atoms with E-state index in [9.17, 15) is 0 Å². The predicted octanol–water partition coefficient (Wildman–Crippen LogP) is 4.90. The average molecular weight is 463 g/mol. The number of anilines is 1. The number of aliphatic imine (C=N–C) groups is 2. The van der Waals surface area contributed by atoms with Crippen LogP contribution in [0.2, 0.25) is 0 Å². The number of aromatic nitrogens is 2. The van der Waals surface area contributed by atoms with Crippen LogP contribution in [-0.4, -0.2) is 57.2 Å². The Bertz CT molecular complexity index is 1400. The molecule has 35 heavy (non-hydrogen) atoms. The van der Waals surface area contributed by atoms with Gasteiger partial charge in [0.2, 0.25) is 12.0 Å². The maximum atomic E-state index is 4.98. The fourth-order valence-corrected chi connectivity index (χ4v) is 5.78. The van der Waals surface area contributed by atoms with E-state index >= 15 is 0 Å². The first-order valence-electron chi connectivity index (χ1n) is 12.5. The maximum Gasteiger partial charge on any atom is 0.225 e. The molecule has 7 heteroatoms. The molecule has 1 aliphatic carbocycles. The third-order valence-corrected chi connectivity index (χ3v) is 7.82. The second-order valence-corrected chi connectivity index (χ2v) is 9.96. The highest BCUT2D eigenvalue weighted by molar-refractivity contribution is 5.85. The number of benzene rings is 2. The third kappa shape index (κ3) is 3.26. The van der Waals surface area contributed by atoms with Crippen molar-refractivity contribution in [3.8, 4) is 11.4 Å². The highest BCUT2D eigenvalue weighted by atomic mass is 15.8. The first-order valence-corrected chi connectivity index (χ1v) is 12.5. The van der Waals surface area contributed by atoms with Gasteiger partial charge < -0.3 is 4.90 Å². The summed E-state index contributed by atoms with van der Waals surface area (Å²) in [6.07, 6.45) is 16.7. The maximum absolute atomic E-state index is 4.98. The molecule has 3 aliphatic heterocycles. The van der Waals surface area contributed by atoms with E-state index in [1.54, 1.807) is 0 Å². The van der Waals surface area contributed by atoms with E-state index in [0.717, 1.165) is 53.1 Å². The van der Waals surface area contributed by atoms with Crippen molar-refractivity contribution in [1.29, 1.82) is 0 Å². The van der Waals surface area contributed by atoms with Gasteiger partial charge in [0.1, 0.15) is 5.54 Å². The zero-order valence-corrected chi connectivity index (χ0v) is 19.7. The van der Waals surface area contributed by atoms with Crippen LogP contribution >= 0.6 is 0 Å². The van der Waals surface area contributed by atoms with E-state index in [0.29, 0.717) is 4.59 Å². The van der Waals surface area contributed by atoms with Crippen molar-refractivity contribution < 1.29 is 4.59 Å². The molecule has 3 aromatic rings. The van der Waals surface area contributed by atoms with Gasteiger partial charge in [-0.05, 0) is 57.0 Å². The van der Waals surface area contributed by atoms with Gasteiger partial charge in [-0.3, -0.25) is 4.99 Å². The minimum atomic E-state index is 0.0222. The number of quaternary nitrogens is 1. The van der Waals surface area contributed by atoms with E-state index in [1.165, 1.54) is 25.9 Å². The molecule has 0 spiro atoms. The molecular formula is C28H28N7+. The Morgan fingerprint density at radius 2 is 1.89 bits per heavy atom. The van der Waals surface area contributed by atoms with Gasteiger partial charge in [-0.2, -0.15) is 0 Å². The van der Waals surface area contributed by atoms with Crippen LogP contribution in [0.3, 0.4) is 0 Å². The van der Waals surface area contributed by atoms with Gasteiger partial charge in [-0.1, -0.05) is 30.3 Å². The standard InChI is InChI=1S/C28H28N7/c1-2-6-22(7-3-1)27-31-17-23-8-9-24(16-26(23)32-27)34(28(10-4-11-28)20-33-13-5-14-33)35-15-12-29-18-25(35)19-30-21-35/h1-3,6-9,12,15-19,21H,4-5,10-11,13-14,20H2/q+1. The summed E-state index contributed by atoms with van der Waals surface area (Å²) in [6.45, 7) is 3.44. The molecule has 7 rings (SSSR count). The number of fused-ring (bicyclic) bond motifs is 2. The van der Waals surface area contributed by atoms with Gasteiger partial charge in [-0.25, -0.2) is 20.0 Å². The van der Waals surface area contributed by atoms with E-state index in [-0.39, 0.29) is 5.54 Å². The van der Waals surface area contributed by atoms with Crippen molar-refractivity contribution in [2.24, 2.45) is 9.98 Å². The van der Waals surface area contributed by atoms with Crippen LogP contribution in [-0.2, 0) is 0 Å². The molecule has 2 aromatic carbocycles. The Balaban J connectivity index is 1.38. The Kier molecular flexibility index (Phi) is 4.69. The zero-order valence-electron chi connectivity index (χ0n) is 19.7. The van der Waals surface area contributed by atoms with Gasteiger partial charge in [0, 0.05) is 23.7 Å². The second kappa shape index (κ2) is 7.93. The smallest absolute Gasteiger partial charge is 0.225 e. The molecule has 1 unspecified atom stereocenters. The molecule has 1 atom stereocenters. The van der Waals surface area contributed by atoms with Crippen molar-refractivity contribution in [2.75, 3.05) is 24.6 Å². The Morgan fingerprint density at radius 3 is 2.66 bits per heavy atom. The third-order valence-electron chi connectivity index (χ3n) is 7.82. The van der Waals surface area contributed by atoms with E-state index < -0.39 is 0 Å². The molecule has 174 valence electrons. The van der Waals surface area contributed by atoms with Gasteiger partial charge >= 0.3 is 0 Å². The van der Waals surface area contributed by atoms with Crippen LogP contribution in [0.5, 0.6) is 0 Å². The highest BCUT2D eigenvalue weighted by Gasteiger charge is 2.56. The van der Waals surface area contributed by atoms with Crippen LogP contribution in [0.15, 0.2) is 89.0 Å². The lowest BCUT2D eigenvalue weighted by molar-refractivity contribution is -0.751. The summed E-state index contributed by atoms with van der Waals surface area (Å²) in [5.41, 5.74) is 4.21. The lowest BCUT2D eigenvalue weighted by atomic mass is 9.74. The van der Waals surface area contributed by atoms with Gasteiger partial charge in [-0.15, -0.1) is 4.59 Å². The van der Waals surface area contributed by atoms with Gasteiger partial charge in [0.05, 0.1) is 29.8 Å². The van der Waals surface area contributed by atoms with Crippen molar-refractivity contribution >= 4 is 29.1 Å². The normalized spacial score (nSPS) is 24.1. The van der Waals surface area contributed by atoms with Gasteiger partial charge in [0.15, 0.2) is 12.0 Å². The molecule has 1 saturated heterocycles. The second-order valence-electron chi connectivity index (χ2n) is 9.96. The zero-order chi connectivity index (χ0) is 23.3. The molecule has 0 N–H and O–H groups in total. The Morgan fingerprint density at radius 1 is 1.00 bits per heavy atom. The molecule has 4 heterocycles. The molecule has 1 saturated carbocycles. The summed E-state index contributed by atoms with van der Waals surface area (Å²) >= 11 is 0. The molecule has 2 fully saturated rings. The molecule has 4 aliphatic rings. The van der Waals surface area contributed by atoms with Crippen molar-refractivity contribution in [3.63, 3.8) is 0 Å². The summed E-state index contributed by atoms with van der Waals surface area (Å²) in [7, 11) is 0. The fourth-order valence-electron chi connectivity index (χ4n) is 5.78. The number of allylic oxidation sites excluding steroid dienone is 1. The van der Waals surface area contributed by atoms with E-state index in [4.69, 9.17) is 4.98 Å². The fraction of sp³-hybridized carbons (Fsp3) is 0.286. The van der Waals surface area contributed by atoms with Crippen LogP contribution < -0.4 is 5.01 Å². The van der Waals surface area contributed by atoms with Crippen molar-refractivity contribution in [1.82, 2.24) is 14.9 Å². The summed E-state index contributed by atoms with van der Waals surface area (Å²) in [4.78, 5) is 21.2. The van der Waals surface area contributed by atoms with E-state index in [1.807, 2.05) is 49.3 Å². The van der Waals surface area contributed by atoms with Crippen molar-refractivity contribution in [3.05, 3.63) is 79.0 Å². The first kappa shape index (κ1) is 20.7. The molecule has 0 radical (unpaired) electrons. The summed E-state index contributed by atoms with van der Waals surface area (Å²) < 4.78 is 0.444. The molecule has 0 amide bonds. The number of hydrogen-bond donors (Lipinski definition) is 0. The predicted molar refractivity (Wildman–Crippen MR) is 140 cm³/mol. The SMILES string of the molecule is C1=C[N+]2(N(c3ccc4cnc(-c5ccccc5)nc4c3)C3(CN4CCC4)CCC3)C=NC=C2C=N1. The summed E-state index contributed by atoms with van der Waals surface area (Å²) in [5.74, 6) is 0.751. The van der Waals surface area contributed by atoms with Crippen LogP contribution in [0.25, 0.3) is 22.3 Å². The summed E-state index contributed by atoms with van der Waals surface area (Å²) in [6, 6.07) is 16.8. The van der Waals surface area contributed by atoms with Crippen LogP contribution in [0, 0.1) is 0 Å². The molecular weight excluding hydrogens is 434 g/mol. The largest absolute Gasteiger partial charge is 0.301 e. The number of hydrogen-bond acceptors (Lipinski definition) is 6. The lowest BCUT2D eigenvalue weighted by Crippen LogP contribution is -2.71. The summed E-state index contributed by atoms with van der Waals surface area (Å²) in [5, 5.41) is 3.61. The monoisotopic (exact) mass is 462 g/mol. The molecule has 1 aromatic heterocycles. The highest BCUT2D eigenvalue weighted by Crippen LogP contribution is 2.47. The number of rotatable bonds is 6. The quantitative estimate of drug-likeness (QED) is 0.489. The lowest BCUT2D eigenvalue weighted by Gasteiger charge is -2.57. The first-order chi connectivity index (χ1) is 17.3. The Hall–Kier alpha value is -3.68. The minimum absolute atomic E-state index is 0.0222. The van der Waals surface area contributed by atoms with Crippen molar-refractivity contribution in [2.45, 2.75) is 31.2 Å². The topological polar surface area (TPSA) is 57.0 Å². The van der Waals surface area contributed by atoms with E-state index in [2.05, 4.69) is 61.4 Å². The van der Waals surface area contributed by atoms with Gasteiger partial charge in [0.25, 0.3) is 0 Å². The average Bonchev–Trinajstić information content (AvgIpc) is 3.29. The van der Waals surface area contributed by atoms with Crippen LogP contribution in [0.4, 0.5) is 5.69 Å². The molecule has 0 bridgehead atoms.